The second-order valence-corrected chi connectivity index (χ2v) is 7.38. The number of nitrogens with one attached hydrogen (secondary N) is 1. The first-order valence-electron chi connectivity index (χ1n) is 9.60. The Kier molecular flexibility index (Phi) is 4.96. The molecule has 9 nitrogen and oxygen atoms in total. The molecule has 0 saturated carbocycles. The van der Waals surface area contributed by atoms with Crippen molar-refractivity contribution in [2.75, 3.05) is 18.4 Å². The average molecular weight is 397 g/mol. The lowest BCUT2D eigenvalue weighted by Gasteiger charge is -2.31. The van der Waals surface area contributed by atoms with Crippen LogP contribution in [0, 0.1) is 12.8 Å². The Labute approximate surface area is 166 Å². The van der Waals surface area contributed by atoms with Crippen LogP contribution in [0.25, 0.3) is 11.0 Å². The van der Waals surface area contributed by atoms with Crippen LogP contribution < -0.4 is 11.0 Å². The van der Waals surface area contributed by atoms with Crippen molar-refractivity contribution in [1.82, 2.24) is 19.2 Å². The molecule has 4 rings (SSSR count). The number of para-hydroxylation sites is 2. The number of benzene rings is 1. The molecule has 0 spiro atoms. The van der Waals surface area contributed by atoms with Gasteiger partial charge in [-0.25, -0.2) is 4.79 Å². The summed E-state index contributed by atoms with van der Waals surface area (Å²) < 4.78 is 8.00. The molecule has 1 aliphatic heterocycles. The summed E-state index contributed by atoms with van der Waals surface area (Å²) >= 11 is 0. The van der Waals surface area contributed by atoms with Crippen molar-refractivity contribution in [3.63, 3.8) is 0 Å². The van der Waals surface area contributed by atoms with Crippen molar-refractivity contribution < 1.29 is 14.1 Å². The van der Waals surface area contributed by atoms with Gasteiger partial charge in [0.25, 0.3) is 0 Å². The second kappa shape index (κ2) is 7.57. The quantitative estimate of drug-likeness (QED) is 0.719. The number of piperidine rings is 1. The van der Waals surface area contributed by atoms with Gasteiger partial charge in [-0.05, 0) is 31.9 Å². The Morgan fingerprint density at radius 3 is 2.55 bits per heavy atom. The molecule has 0 radical (unpaired) electrons. The molecular weight excluding hydrogens is 374 g/mol. The minimum absolute atomic E-state index is 0.00470. The first-order chi connectivity index (χ1) is 13.9. The highest BCUT2D eigenvalue weighted by atomic mass is 16.5. The SMILES string of the molecule is Cc1cc(NC(=O)C2CCN(C(=O)Cn3c(=O)n(C)c4ccccc43)CC2)no1. The maximum absolute atomic E-state index is 12.8. The molecule has 3 aromatic rings. The number of aromatic nitrogens is 3. The van der Waals surface area contributed by atoms with Gasteiger partial charge in [-0.3, -0.25) is 18.7 Å². The highest BCUT2D eigenvalue weighted by Crippen LogP contribution is 2.20. The van der Waals surface area contributed by atoms with Gasteiger partial charge in [0.2, 0.25) is 11.8 Å². The lowest BCUT2D eigenvalue weighted by Crippen LogP contribution is -2.43. The lowest BCUT2D eigenvalue weighted by atomic mass is 9.96. The van der Waals surface area contributed by atoms with E-state index < -0.39 is 0 Å². The topological polar surface area (TPSA) is 102 Å². The molecule has 0 bridgehead atoms. The number of nitrogens with zero attached hydrogens (tertiary/aromatic N) is 4. The van der Waals surface area contributed by atoms with Gasteiger partial charge >= 0.3 is 5.69 Å². The Bertz CT molecular complexity index is 1120. The van der Waals surface area contributed by atoms with Crippen LogP contribution in [0.5, 0.6) is 0 Å². The van der Waals surface area contributed by atoms with Gasteiger partial charge in [-0.15, -0.1) is 0 Å². The zero-order valence-electron chi connectivity index (χ0n) is 16.4. The molecule has 2 amide bonds. The molecule has 1 saturated heterocycles. The fourth-order valence-electron chi connectivity index (χ4n) is 3.80. The van der Waals surface area contributed by atoms with Crippen LogP contribution in [0.3, 0.4) is 0 Å². The van der Waals surface area contributed by atoms with E-state index in [1.165, 1.54) is 4.57 Å². The Balaban J connectivity index is 1.38. The van der Waals surface area contributed by atoms with Crippen LogP contribution in [0.4, 0.5) is 5.82 Å². The van der Waals surface area contributed by atoms with Crippen molar-refractivity contribution in [3.05, 3.63) is 46.6 Å². The van der Waals surface area contributed by atoms with Crippen LogP contribution in [-0.2, 0) is 23.2 Å². The van der Waals surface area contributed by atoms with E-state index in [0.29, 0.717) is 37.5 Å². The van der Waals surface area contributed by atoms with E-state index in [4.69, 9.17) is 4.52 Å². The number of amides is 2. The summed E-state index contributed by atoms with van der Waals surface area (Å²) in [5.74, 6) is 0.618. The number of hydrogen-bond acceptors (Lipinski definition) is 5. The number of hydrogen-bond donors (Lipinski definition) is 1. The Morgan fingerprint density at radius 1 is 1.21 bits per heavy atom. The zero-order valence-corrected chi connectivity index (χ0v) is 16.4. The second-order valence-electron chi connectivity index (χ2n) is 7.38. The number of fused-ring (bicyclic) bond motifs is 1. The maximum atomic E-state index is 12.8. The molecule has 3 heterocycles. The van der Waals surface area contributed by atoms with E-state index in [1.807, 2.05) is 24.3 Å². The Morgan fingerprint density at radius 2 is 1.90 bits per heavy atom. The molecule has 0 atom stereocenters. The summed E-state index contributed by atoms with van der Waals surface area (Å²) in [5.41, 5.74) is 1.33. The number of imidazole rings is 1. The number of carbonyl (C=O) groups excluding carboxylic acids is 2. The van der Waals surface area contributed by atoms with Crippen LogP contribution in [0.2, 0.25) is 0 Å². The predicted octanol–water partition coefficient (Wildman–Crippen LogP) is 1.51. The van der Waals surface area contributed by atoms with E-state index in [9.17, 15) is 14.4 Å². The molecule has 1 N–H and O–H groups in total. The minimum atomic E-state index is -0.211. The molecule has 0 aliphatic carbocycles. The van der Waals surface area contributed by atoms with E-state index in [0.717, 1.165) is 11.0 Å². The summed E-state index contributed by atoms with van der Waals surface area (Å²) in [6.07, 6.45) is 1.14. The third kappa shape index (κ3) is 3.67. The zero-order chi connectivity index (χ0) is 20.5. The predicted molar refractivity (Wildman–Crippen MR) is 106 cm³/mol. The summed E-state index contributed by atoms with van der Waals surface area (Å²) in [7, 11) is 1.70. The number of aryl methyl sites for hydroxylation is 2. The van der Waals surface area contributed by atoms with E-state index in [-0.39, 0.29) is 30.0 Å². The van der Waals surface area contributed by atoms with Crippen molar-refractivity contribution in [1.29, 1.82) is 0 Å². The lowest BCUT2D eigenvalue weighted by molar-refractivity contribution is -0.135. The van der Waals surface area contributed by atoms with E-state index >= 15 is 0 Å². The normalized spacial score (nSPS) is 15.0. The van der Waals surface area contributed by atoms with Crippen LogP contribution >= 0.6 is 0 Å². The number of rotatable bonds is 4. The average Bonchev–Trinajstić information content (AvgIpc) is 3.24. The number of likely N-dealkylation sites (tertiary alicyclic amines) is 1. The summed E-state index contributed by atoms with van der Waals surface area (Å²) in [6, 6.07) is 9.08. The van der Waals surface area contributed by atoms with Gasteiger partial charge in [-0.2, -0.15) is 0 Å². The first kappa shape index (κ1) is 19.0. The molecule has 29 heavy (non-hydrogen) atoms. The summed E-state index contributed by atoms with van der Waals surface area (Å²) in [6.45, 7) is 2.71. The molecular formula is C20H23N5O4. The molecule has 1 aromatic carbocycles. The molecule has 1 aliphatic rings. The molecule has 2 aromatic heterocycles. The van der Waals surface area contributed by atoms with Crippen molar-refractivity contribution >= 4 is 28.7 Å². The van der Waals surface area contributed by atoms with Crippen molar-refractivity contribution in [3.8, 4) is 0 Å². The highest BCUT2D eigenvalue weighted by molar-refractivity contribution is 5.92. The van der Waals surface area contributed by atoms with Gasteiger partial charge in [0.05, 0.1) is 11.0 Å². The van der Waals surface area contributed by atoms with Gasteiger partial charge in [0, 0.05) is 32.1 Å². The number of carbonyl (C=O) groups is 2. The first-order valence-corrected chi connectivity index (χ1v) is 9.60. The van der Waals surface area contributed by atoms with Gasteiger partial charge in [0.15, 0.2) is 5.82 Å². The maximum Gasteiger partial charge on any atom is 0.329 e. The van der Waals surface area contributed by atoms with Crippen molar-refractivity contribution in [2.45, 2.75) is 26.3 Å². The molecule has 9 heteroatoms. The van der Waals surface area contributed by atoms with Gasteiger partial charge in [0.1, 0.15) is 12.3 Å². The Hall–Kier alpha value is -3.36. The fourth-order valence-corrected chi connectivity index (χ4v) is 3.80. The molecule has 1 fully saturated rings. The van der Waals surface area contributed by atoms with Gasteiger partial charge in [-0.1, -0.05) is 17.3 Å². The standard InChI is InChI=1S/C20H23N5O4/c1-13-11-17(22-29-13)21-19(27)14-7-9-24(10-8-14)18(26)12-25-16-6-4-3-5-15(16)23(2)20(25)28/h3-6,11,14H,7-10,12H2,1-2H3,(H,21,22,27). The van der Waals surface area contributed by atoms with Crippen LogP contribution in [-0.4, -0.2) is 44.1 Å². The fraction of sp³-hybridized carbons (Fsp3) is 0.400. The largest absolute Gasteiger partial charge is 0.360 e. The van der Waals surface area contributed by atoms with Gasteiger partial charge < -0.3 is 14.7 Å². The smallest absolute Gasteiger partial charge is 0.329 e. The molecule has 152 valence electrons. The summed E-state index contributed by atoms with van der Waals surface area (Å²) in [5, 5.41) is 6.52. The van der Waals surface area contributed by atoms with Crippen molar-refractivity contribution in [2.24, 2.45) is 13.0 Å². The number of anilines is 1. The monoisotopic (exact) mass is 397 g/mol. The highest BCUT2D eigenvalue weighted by Gasteiger charge is 2.28. The van der Waals surface area contributed by atoms with E-state index in [1.54, 1.807) is 29.5 Å². The van der Waals surface area contributed by atoms with E-state index in [2.05, 4.69) is 10.5 Å². The third-order valence-corrected chi connectivity index (χ3v) is 5.44. The summed E-state index contributed by atoms with van der Waals surface area (Å²) in [4.78, 5) is 39.4. The third-order valence-electron chi connectivity index (χ3n) is 5.44. The molecule has 0 unspecified atom stereocenters. The van der Waals surface area contributed by atoms with Crippen LogP contribution in [0.15, 0.2) is 39.6 Å². The van der Waals surface area contributed by atoms with Crippen LogP contribution in [0.1, 0.15) is 18.6 Å². The minimum Gasteiger partial charge on any atom is -0.360 e.